The molecule has 0 radical (unpaired) electrons. The molecule has 0 amide bonds. The number of fused-ring (bicyclic) bond motifs is 2. The van der Waals surface area contributed by atoms with E-state index in [9.17, 15) is 10.2 Å². The third-order valence-corrected chi connectivity index (χ3v) is 3.43. The van der Waals surface area contributed by atoms with E-state index in [1.807, 2.05) is 13.8 Å². The normalized spacial score (nSPS) is 39.0. The van der Waals surface area contributed by atoms with Gasteiger partial charge in [-0.25, -0.2) is 0 Å². The van der Waals surface area contributed by atoms with Gasteiger partial charge in [-0.3, -0.25) is 4.90 Å². The first-order valence-corrected chi connectivity index (χ1v) is 5.62. The average Bonchev–Trinajstić information content (AvgIpc) is 2.31. The SMILES string of the molecule is CC(C)(O)CN1[C@@H]2CC[C@H]1CC(O)C2. The highest BCUT2D eigenvalue weighted by Gasteiger charge is 2.41. The minimum Gasteiger partial charge on any atom is -0.393 e. The monoisotopic (exact) mass is 199 g/mol. The van der Waals surface area contributed by atoms with Crippen LogP contribution in [0.25, 0.3) is 0 Å². The smallest absolute Gasteiger partial charge is 0.0718 e. The molecule has 2 saturated heterocycles. The van der Waals surface area contributed by atoms with Gasteiger partial charge < -0.3 is 10.2 Å². The van der Waals surface area contributed by atoms with Gasteiger partial charge >= 0.3 is 0 Å². The van der Waals surface area contributed by atoms with E-state index in [-0.39, 0.29) is 6.10 Å². The van der Waals surface area contributed by atoms with E-state index in [4.69, 9.17) is 0 Å². The summed E-state index contributed by atoms with van der Waals surface area (Å²) >= 11 is 0. The summed E-state index contributed by atoms with van der Waals surface area (Å²) in [5.41, 5.74) is -0.608. The molecule has 0 aromatic carbocycles. The Morgan fingerprint density at radius 3 is 2.14 bits per heavy atom. The van der Waals surface area contributed by atoms with Crippen LogP contribution in [0.4, 0.5) is 0 Å². The second-order valence-corrected chi connectivity index (χ2v) is 5.49. The second-order valence-electron chi connectivity index (χ2n) is 5.49. The standard InChI is InChI=1S/C11H21NO2/c1-11(2,14)7-12-8-3-4-9(12)6-10(13)5-8/h8-10,13-14H,3-7H2,1-2H3/t8-,9+,10?. The van der Waals surface area contributed by atoms with Crippen molar-refractivity contribution in [1.29, 1.82) is 0 Å². The average molecular weight is 199 g/mol. The van der Waals surface area contributed by atoms with Crippen LogP contribution in [0.1, 0.15) is 39.5 Å². The van der Waals surface area contributed by atoms with Gasteiger partial charge in [0, 0.05) is 18.6 Å². The number of piperidine rings is 1. The van der Waals surface area contributed by atoms with Crippen molar-refractivity contribution in [3.63, 3.8) is 0 Å². The number of aliphatic hydroxyl groups excluding tert-OH is 1. The van der Waals surface area contributed by atoms with Crippen molar-refractivity contribution in [1.82, 2.24) is 4.90 Å². The zero-order valence-electron chi connectivity index (χ0n) is 9.11. The minimum atomic E-state index is -0.608. The maximum atomic E-state index is 9.79. The fourth-order valence-corrected chi connectivity index (χ4v) is 2.95. The van der Waals surface area contributed by atoms with Gasteiger partial charge in [0.1, 0.15) is 0 Å². The molecule has 3 heteroatoms. The van der Waals surface area contributed by atoms with Gasteiger partial charge in [0.2, 0.25) is 0 Å². The number of hydrogen-bond acceptors (Lipinski definition) is 3. The van der Waals surface area contributed by atoms with Gasteiger partial charge in [0.05, 0.1) is 11.7 Å². The summed E-state index contributed by atoms with van der Waals surface area (Å²) in [4.78, 5) is 2.40. The molecule has 0 aromatic rings. The maximum Gasteiger partial charge on any atom is 0.0718 e. The molecule has 1 unspecified atom stereocenters. The summed E-state index contributed by atoms with van der Waals surface area (Å²) in [5.74, 6) is 0. The Balaban J connectivity index is 2.01. The Labute approximate surface area is 85.7 Å². The molecule has 2 fully saturated rings. The third kappa shape index (κ3) is 2.10. The molecule has 0 aromatic heterocycles. The lowest BCUT2D eigenvalue weighted by atomic mass is 9.97. The van der Waals surface area contributed by atoms with Crippen LogP contribution in [0.2, 0.25) is 0 Å². The van der Waals surface area contributed by atoms with Crippen molar-refractivity contribution < 1.29 is 10.2 Å². The van der Waals surface area contributed by atoms with Crippen LogP contribution < -0.4 is 0 Å². The first kappa shape index (κ1) is 10.4. The van der Waals surface area contributed by atoms with E-state index >= 15 is 0 Å². The van der Waals surface area contributed by atoms with Gasteiger partial charge in [-0.15, -0.1) is 0 Å². The Kier molecular flexibility index (Phi) is 2.58. The minimum absolute atomic E-state index is 0.106. The van der Waals surface area contributed by atoms with Crippen molar-refractivity contribution in [2.45, 2.75) is 63.3 Å². The molecule has 0 aliphatic carbocycles. The van der Waals surface area contributed by atoms with Crippen molar-refractivity contribution in [2.24, 2.45) is 0 Å². The molecular formula is C11H21NO2. The highest BCUT2D eigenvalue weighted by Crippen LogP contribution is 2.36. The fourth-order valence-electron chi connectivity index (χ4n) is 2.95. The molecule has 0 saturated carbocycles. The van der Waals surface area contributed by atoms with Crippen LogP contribution >= 0.6 is 0 Å². The topological polar surface area (TPSA) is 43.7 Å². The predicted molar refractivity (Wildman–Crippen MR) is 55.1 cm³/mol. The van der Waals surface area contributed by atoms with E-state index < -0.39 is 5.60 Å². The van der Waals surface area contributed by atoms with Crippen LogP contribution in [0.15, 0.2) is 0 Å². The predicted octanol–water partition coefficient (Wildman–Crippen LogP) is 0.745. The molecule has 2 aliphatic rings. The highest BCUT2D eigenvalue weighted by molar-refractivity contribution is 4.96. The number of aliphatic hydroxyl groups is 2. The summed E-state index contributed by atoms with van der Waals surface area (Å²) in [5, 5.41) is 19.4. The lowest BCUT2D eigenvalue weighted by Gasteiger charge is -2.40. The molecule has 2 rings (SSSR count). The molecule has 0 spiro atoms. The lowest BCUT2D eigenvalue weighted by Crippen LogP contribution is -2.50. The summed E-state index contributed by atoms with van der Waals surface area (Å²) in [6, 6.07) is 1.02. The molecule has 82 valence electrons. The molecule has 2 bridgehead atoms. The van der Waals surface area contributed by atoms with Crippen molar-refractivity contribution in [2.75, 3.05) is 6.54 Å². The van der Waals surface area contributed by atoms with Crippen molar-refractivity contribution >= 4 is 0 Å². The zero-order chi connectivity index (χ0) is 10.3. The molecule has 3 nitrogen and oxygen atoms in total. The van der Waals surface area contributed by atoms with Gasteiger partial charge in [-0.1, -0.05) is 0 Å². The van der Waals surface area contributed by atoms with Crippen molar-refractivity contribution in [3.8, 4) is 0 Å². The number of nitrogens with zero attached hydrogens (tertiary/aromatic N) is 1. The highest BCUT2D eigenvalue weighted by atomic mass is 16.3. The Bertz CT molecular complexity index is 198. The molecule has 3 atom stereocenters. The van der Waals surface area contributed by atoms with Crippen LogP contribution in [-0.2, 0) is 0 Å². The third-order valence-electron chi connectivity index (χ3n) is 3.43. The zero-order valence-corrected chi connectivity index (χ0v) is 9.11. The summed E-state index contributed by atoms with van der Waals surface area (Å²) in [6.07, 6.45) is 4.07. The summed E-state index contributed by atoms with van der Waals surface area (Å²) in [6.45, 7) is 4.46. The first-order chi connectivity index (χ1) is 6.46. The number of hydrogen-bond donors (Lipinski definition) is 2. The Morgan fingerprint density at radius 1 is 1.21 bits per heavy atom. The number of rotatable bonds is 2. The van der Waals surface area contributed by atoms with Crippen LogP contribution in [0.5, 0.6) is 0 Å². The van der Waals surface area contributed by atoms with Crippen LogP contribution in [0.3, 0.4) is 0 Å². The van der Waals surface area contributed by atoms with Gasteiger partial charge in [-0.2, -0.15) is 0 Å². The largest absolute Gasteiger partial charge is 0.393 e. The fraction of sp³-hybridized carbons (Fsp3) is 1.00. The van der Waals surface area contributed by atoms with Crippen molar-refractivity contribution in [3.05, 3.63) is 0 Å². The van der Waals surface area contributed by atoms with E-state index in [1.165, 1.54) is 12.8 Å². The van der Waals surface area contributed by atoms with E-state index in [1.54, 1.807) is 0 Å². The van der Waals surface area contributed by atoms with E-state index in [0.717, 1.165) is 19.4 Å². The van der Waals surface area contributed by atoms with Crippen LogP contribution in [0, 0.1) is 0 Å². The van der Waals surface area contributed by atoms with E-state index in [2.05, 4.69) is 4.90 Å². The Hall–Kier alpha value is -0.120. The Morgan fingerprint density at radius 2 is 1.71 bits per heavy atom. The maximum absolute atomic E-state index is 9.79. The van der Waals surface area contributed by atoms with Gasteiger partial charge in [0.15, 0.2) is 0 Å². The molecule has 2 aliphatic heterocycles. The second kappa shape index (κ2) is 3.47. The summed E-state index contributed by atoms with van der Waals surface area (Å²) in [7, 11) is 0. The molecule has 14 heavy (non-hydrogen) atoms. The summed E-state index contributed by atoms with van der Waals surface area (Å²) < 4.78 is 0. The molecular weight excluding hydrogens is 178 g/mol. The first-order valence-electron chi connectivity index (χ1n) is 5.62. The molecule has 2 heterocycles. The van der Waals surface area contributed by atoms with E-state index in [0.29, 0.717) is 12.1 Å². The quantitative estimate of drug-likeness (QED) is 0.689. The van der Waals surface area contributed by atoms with Gasteiger partial charge in [0.25, 0.3) is 0 Å². The molecule has 2 N–H and O–H groups in total. The van der Waals surface area contributed by atoms with Gasteiger partial charge in [-0.05, 0) is 39.5 Å². The lowest BCUT2D eigenvalue weighted by molar-refractivity contribution is -0.0222. The van der Waals surface area contributed by atoms with Crippen LogP contribution in [-0.4, -0.2) is 45.4 Å².